The Kier molecular flexibility index (Phi) is 5.87. The van der Waals surface area contributed by atoms with Crippen LogP contribution in [0.25, 0.3) is 0 Å². The first-order valence-corrected chi connectivity index (χ1v) is 11.1. The zero-order valence-electron chi connectivity index (χ0n) is 13.2. The van der Waals surface area contributed by atoms with E-state index in [-0.39, 0.29) is 0 Å². The minimum atomic E-state index is -2.71. The minimum Gasteiger partial charge on any atom is -0.229 e. The van der Waals surface area contributed by atoms with Crippen LogP contribution in [0.1, 0.15) is 52.9 Å². The topological polar surface area (TPSA) is 34.1 Å². The first-order valence-electron chi connectivity index (χ1n) is 8.19. The second-order valence-electron chi connectivity index (χ2n) is 7.22. The summed E-state index contributed by atoms with van der Waals surface area (Å²) in [7, 11) is -2.71. The number of sulfone groups is 1. The molecule has 20 heavy (non-hydrogen) atoms. The first-order chi connectivity index (χ1) is 9.37. The van der Waals surface area contributed by atoms with E-state index in [2.05, 4.69) is 32.5 Å². The van der Waals surface area contributed by atoms with Gasteiger partial charge in [-0.15, -0.1) is 0 Å². The van der Waals surface area contributed by atoms with Gasteiger partial charge in [0.05, 0.1) is 11.5 Å². The molecule has 2 nitrogen and oxygen atoms in total. The van der Waals surface area contributed by atoms with Gasteiger partial charge in [-0.3, -0.25) is 0 Å². The monoisotopic (exact) mass is 318 g/mol. The molecule has 0 saturated carbocycles. The Morgan fingerprint density at radius 2 is 1.70 bits per heavy atom. The molecule has 0 aromatic carbocycles. The van der Waals surface area contributed by atoms with E-state index in [4.69, 9.17) is 0 Å². The molecule has 0 N–H and O–H groups in total. The second kappa shape index (κ2) is 7.04. The van der Waals surface area contributed by atoms with E-state index in [1.807, 2.05) is 0 Å². The van der Waals surface area contributed by atoms with E-state index in [1.165, 1.54) is 25.0 Å². The number of thioether (sulfide) groups is 1. The summed E-state index contributed by atoms with van der Waals surface area (Å²) in [4.78, 5) is 0. The molecule has 0 bridgehead atoms. The van der Waals surface area contributed by atoms with Crippen LogP contribution in [0.15, 0.2) is 0 Å². The molecule has 0 aromatic heterocycles. The molecule has 2 heterocycles. The fourth-order valence-electron chi connectivity index (χ4n) is 3.76. The summed E-state index contributed by atoms with van der Waals surface area (Å²) in [5, 5.41) is 0.810. The zero-order chi connectivity index (χ0) is 14.8. The van der Waals surface area contributed by atoms with E-state index >= 15 is 0 Å². The van der Waals surface area contributed by atoms with Crippen LogP contribution in [0.2, 0.25) is 0 Å². The number of hydrogen-bond donors (Lipinski definition) is 0. The Morgan fingerprint density at radius 1 is 1.05 bits per heavy atom. The maximum Gasteiger partial charge on any atom is 0.150 e. The number of rotatable bonds is 4. The van der Waals surface area contributed by atoms with Gasteiger partial charge in [0.1, 0.15) is 9.84 Å². The molecule has 2 rings (SSSR count). The lowest BCUT2D eigenvalue weighted by Gasteiger charge is -2.35. The molecule has 0 radical (unpaired) electrons. The fourth-order valence-corrected chi connectivity index (χ4v) is 6.89. The van der Waals surface area contributed by atoms with Crippen molar-refractivity contribution < 1.29 is 8.42 Å². The Hall–Kier alpha value is 0.300. The highest BCUT2D eigenvalue weighted by atomic mass is 32.2. The maximum absolute atomic E-state index is 11.5. The molecular weight excluding hydrogens is 288 g/mol. The average molecular weight is 319 g/mol. The fraction of sp³-hybridized carbons (Fsp3) is 1.00. The van der Waals surface area contributed by atoms with E-state index in [0.717, 1.165) is 29.9 Å². The predicted molar refractivity (Wildman–Crippen MR) is 89.0 cm³/mol. The Bertz CT molecular complexity index is 389. The van der Waals surface area contributed by atoms with Crippen molar-refractivity contribution in [2.45, 2.75) is 58.1 Å². The highest BCUT2D eigenvalue weighted by molar-refractivity contribution is 7.99. The third kappa shape index (κ3) is 4.66. The normalized spacial score (nSPS) is 33.2. The van der Waals surface area contributed by atoms with Crippen molar-refractivity contribution in [1.29, 1.82) is 0 Å². The SMILES string of the molecule is CC(C)C1CCSC(CC(C)C2CCS(=O)(=O)CC2)C1. The van der Waals surface area contributed by atoms with E-state index in [9.17, 15) is 8.42 Å². The van der Waals surface area contributed by atoms with Gasteiger partial charge in [0.2, 0.25) is 0 Å². The van der Waals surface area contributed by atoms with Crippen LogP contribution in [-0.4, -0.2) is 30.9 Å². The molecule has 118 valence electrons. The van der Waals surface area contributed by atoms with Crippen molar-refractivity contribution >= 4 is 21.6 Å². The molecular formula is C16H30O2S2. The number of hydrogen-bond acceptors (Lipinski definition) is 3. The van der Waals surface area contributed by atoms with Crippen LogP contribution in [0.5, 0.6) is 0 Å². The second-order valence-corrected chi connectivity index (χ2v) is 10.9. The predicted octanol–water partition coefficient (Wildman–Crippen LogP) is 4.01. The van der Waals surface area contributed by atoms with Crippen LogP contribution in [0.3, 0.4) is 0 Å². The van der Waals surface area contributed by atoms with Gasteiger partial charge in [-0.1, -0.05) is 20.8 Å². The third-order valence-electron chi connectivity index (χ3n) is 5.39. The quantitative estimate of drug-likeness (QED) is 0.785. The molecule has 0 aromatic rings. The van der Waals surface area contributed by atoms with Gasteiger partial charge < -0.3 is 0 Å². The van der Waals surface area contributed by atoms with Crippen LogP contribution in [0.4, 0.5) is 0 Å². The summed E-state index contributed by atoms with van der Waals surface area (Å²) < 4.78 is 23.0. The summed E-state index contributed by atoms with van der Waals surface area (Å²) in [5.41, 5.74) is 0. The summed E-state index contributed by atoms with van der Waals surface area (Å²) >= 11 is 2.16. The van der Waals surface area contributed by atoms with E-state index < -0.39 is 9.84 Å². The Labute approximate surface area is 129 Å². The summed E-state index contributed by atoms with van der Waals surface area (Å²) in [6.07, 6.45) is 5.84. The molecule has 2 aliphatic heterocycles. The van der Waals surface area contributed by atoms with Crippen molar-refractivity contribution in [2.24, 2.45) is 23.7 Å². The van der Waals surface area contributed by atoms with Crippen molar-refractivity contribution in [1.82, 2.24) is 0 Å². The van der Waals surface area contributed by atoms with Crippen LogP contribution >= 0.6 is 11.8 Å². The lowest BCUT2D eigenvalue weighted by molar-refractivity contribution is 0.278. The van der Waals surface area contributed by atoms with E-state index in [0.29, 0.717) is 23.3 Å². The van der Waals surface area contributed by atoms with Gasteiger partial charge in [0.25, 0.3) is 0 Å². The molecule has 2 aliphatic rings. The van der Waals surface area contributed by atoms with Gasteiger partial charge in [-0.25, -0.2) is 8.42 Å². The summed E-state index contributed by atoms with van der Waals surface area (Å²) in [6, 6.07) is 0. The van der Waals surface area contributed by atoms with Crippen molar-refractivity contribution in [3.63, 3.8) is 0 Å². The molecule has 3 atom stereocenters. The molecule has 4 heteroatoms. The smallest absolute Gasteiger partial charge is 0.150 e. The van der Waals surface area contributed by atoms with Crippen molar-refractivity contribution in [3.05, 3.63) is 0 Å². The standard InChI is InChI=1S/C16H30O2S2/c1-12(2)15-4-7-19-16(11-15)10-13(3)14-5-8-20(17,18)9-6-14/h12-16H,4-11H2,1-3H3. The maximum atomic E-state index is 11.5. The highest BCUT2D eigenvalue weighted by Crippen LogP contribution is 2.39. The van der Waals surface area contributed by atoms with Crippen LogP contribution < -0.4 is 0 Å². The van der Waals surface area contributed by atoms with Crippen LogP contribution in [-0.2, 0) is 9.84 Å². The summed E-state index contributed by atoms with van der Waals surface area (Å²) in [6.45, 7) is 7.06. The van der Waals surface area contributed by atoms with Gasteiger partial charge in [0.15, 0.2) is 0 Å². The molecule has 0 spiro atoms. The molecule has 0 aliphatic carbocycles. The van der Waals surface area contributed by atoms with Crippen molar-refractivity contribution in [2.75, 3.05) is 17.3 Å². The molecule has 2 fully saturated rings. The molecule has 3 unspecified atom stereocenters. The minimum absolute atomic E-state index is 0.425. The van der Waals surface area contributed by atoms with Gasteiger partial charge in [0, 0.05) is 5.25 Å². The molecule has 2 saturated heterocycles. The first kappa shape index (κ1) is 16.7. The lowest BCUT2D eigenvalue weighted by atomic mass is 9.82. The zero-order valence-corrected chi connectivity index (χ0v) is 14.8. The Balaban J connectivity index is 1.81. The average Bonchev–Trinajstić information content (AvgIpc) is 2.38. The van der Waals surface area contributed by atoms with Gasteiger partial charge >= 0.3 is 0 Å². The lowest BCUT2D eigenvalue weighted by Crippen LogP contribution is -2.30. The summed E-state index contributed by atoms with van der Waals surface area (Å²) in [5.74, 6) is 5.21. The largest absolute Gasteiger partial charge is 0.229 e. The van der Waals surface area contributed by atoms with E-state index in [1.54, 1.807) is 0 Å². The Morgan fingerprint density at radius 3 is 2.30 bits per heavy atom. The highest BCUT2D eigenvalue weighted by Gasteiger charge is 2.31. The van der Waals surface area contributed by atoms with Crippen LogP contribution in [0, 0.1) is 23.7 Å². The van der Waals surface area contributed by atoms with Crippen molar-refractivity contribution in [3.8, 4) is 0 Å². The van der Waals surface area contributed by atoms with Gasteiger partial charge in [-0.2, -0.15) is 11.8 Å². The molecule has 0 amide bonds. The van der Waals surface area contributed by atoms with Gasteiger partial charge in [-0.05, 0) is 61.5 Å². The third-order valence-corrected chi connectivity index (χ3v) is 8.43.